The van der Waals surface area contributed by atoms with E-state index in [1.165, 1.54) is 11.8 Å². The summed E-state index contributed by atoms with van der Waals surface area (Å²) in [6.45, 7) is 7.22. The van der Waals surface area contributed by atoms with E-state index in [9.17, 15) is 13.2 Å². The Balaban J connectivity index is 2.46. The van der Waals surface area contributed by atoms with Crippen LogP contribution in [0.5, 0.6) is 5.75 Å². The molecule has 0 bridgehead atoms. The third-order valence-electron chi connectivity index (χ3n) is 4.28. The van der Waals surface area contributed by atoms with Crippen LogP contribution in [0.15, 0.2) is 53.4 Å². The van der Waals surface area contributed by atoms with Gasteiger partial charge in [0.05, 0.1) is 18.0 Å². The number of nitrogens with one attached hydrogen (secondary N) is 1. The molecule has 0 spiro atoms. The van der Waals surface area contributed by atoms with Crippen LogP contribution in [-0.2, 0) is 19.6 Å². The number of rotatable bonds is 8. The van der Waals surface area contributed by atoms with Crippen molar-refractivity contribution in [1.29, 1.82) is 0 Å². The Morgan fingerprint density at radius 3 is 2.07 bits per heavy atom. The lowest BCUT2D eigenvalue weighted by Gasteiger charge is -2.29. The molecule has 30 heavy (non-hydrogen) atoms. The van der Waals surface area contributed by atoms with Crippen LogP contribution < -0.4 is 9.46 Å². The first-order valence-electron chi connectivity index (χ1n) is 9.45. The van der Waals surface area contributed by atoms with Crippen LogP contribution in [-0.4, -0.2) is 38.6 Å². The van der Waals surface area contributed by atoms with Crippen molar-refractivity contribution in [3.05, 3.63) is 59.7 Å². The maximum atomic E-state index is 13.1. The molecule has 0 aliphatic rings. The highest BCUT2D eigenvalue weighted by molar-refractivity contribution is 8.00. The summed E-state index contributed by atoms with van der Waals surface area (Å²) < 4.78 is 39.6. The van der Waals surface area contributed by atoms with Crippen LogP contribution in [0.3, 0.4) is 0 Å². The summed E-state index contributed by atoms with van der Waals surface area (Å²) in [5, 5.41) is -0.780. The van der Waals surface area contributed by atoms with E-state index < -0.39 is 32.9 Å². The van der Waals surface area contributed by atoms with Gasteiger partial charge in [0.15, 0.2) is 0 Å². The van der Waals surface area contributed by atoms with E-state index in [1.54, 1.807) is 82.7 Å². The van der Waals surface area contributed by atoms with Gasteiger partial charge in [0.1, 0.15) is 16.6 Å². The minimum absolute atomic E-state index is 0.135. The number of carbonyl (C=O) groups is 1. The van der Waals surface area contributed by atoms with Crippen molar-refractivity contribution in [3.63, 3.8) is 0 Å². The van der Waals surface area contributed by atoms with Gasteiger partial charge in [-0.25, -0.2) is 13.1 Å². The molecule has 0 saturated carbocycles. The fourth-order valence-corrected chi connectivity index (χ4v) is 4.86. The molecular formula is C22H29NO5S2. The second kappa shape index (κ2) is 9.85. The van der Waals surface area contributed by atoms with Gasteiger partial charge < -0.3 is 9.47 Å². The summed E-state index contributed by atoms with van der Waals surface area (Å²) >= 11 is 1.24. The van der Waals surface area contributed by atoms with E-state index in [-0.39, 0.29) is 4.90 Å². The molecule has 2 aromatic rings. The Morgan fingerprint density at radius 2 is 1.60 bits per heavy atom. The summed E-state index contributed by atoms with van der Waals surface area (Å²) in [7, 11) is -2.32. The molecule has 6 nitrogen and oxygen atoms in total. The van der Waals surface area contributed by atoms with Crippen LogP contribution in [0.1, 0.15) is 37.9 Å². The first-order chi connectivity index (χ1) is 14.0. The van der Waals surface area contributed by atoms with Gasteiger partial charge in [-0.15, -0.1) is 11.8 Å². The molecule has 2 rings (SSSR count). The van der Waals surface area contributed by atoms with Crippen LogP contribution in [0.2, 0.25) is 0 Å². The normalized spacial score (nSPS) is 14.1. The second-order valence-electron chi connectivity index (χ2n) is 7.87. The number of carbonyl (C=O) groups excluding carboxylic acids is 1. The molecule has 0 aliphatic carbocycles. The molecule has 2 aromatic carbocycles. The zero-order valence-corrected chi connectivity index (χ0v) is 19.8. The Bertz CT molecular complexity index is 949. The summed E-state index contributed by atoms with van der Waals surface area (Å²) in [5.74, 6) is 0.152. The fourth-order valence-electron chi connectivity index (χ4n) is 2.80. The predicted octanol–water partition coefficient (Wildman–Crippen LogP) is 4.10. The molecule has 0 aromatic heterocycles. The van der Waals surface area contributed by atoms with Crippen molar-refractivity contribution in [1.82, 2.24) is 4.72 Å². The maximum Gasteiger partial charge on any atom is 0.321 e. The van der Waals surface area contributed by atoms with Gasteiger partial charge in [-0.1, -0.05) is 29.8 Å². The molecule has 0 radical (unpaired) electrons. The topological polar surface area (TPSA) is 81.7 Å². The summed E-state index contributed by atoms with van der Waals surface area (Å²) in [4.78, 5) is 13.0. The predicted molar refractivity (Wildman–Crippen MR) is 120 cm³/mol. The van der Waals surface area contributed by atoms with Gasteiger partial charge in [-0.05, 0) is 63.8 Å². The van der Waals surface area contributed by atoms with Crippen molar-refractivity contribution in [2.45, 2.75) is 49.5 Å². The summed E-state index contributed by atoms with van der Waals surface area (Å²) in [6.07, 6.45) is 1.76. The molecule has 0 heterocycles. The molecule has 2 atom stereocenters. The zero-order valence-electron chi connectivity index (χ0n) is 18.1. The van der Waals surface area contributed by atoms with E-state index in [1.807, 2.05) is 6.92 Å². The zero-order chi connectivity index (χ0) is 22.5. The number of hydrogen-bond donors (Lipinski definition) is 1. The minimum atomic E-state index is -3.87. The number of hydrogen-bond acceptors (Lipinski definition) is 6. The lowest BCUT2D eigenvalue weighted by molar-refractivity contribution is -0.154. The number of benzene rings is 2. The largest absolute Gasteiger partial charge is 0.497 e. The number of thioether (sulfide) groups is 1. The highest BCUT2D eigenvalue weighted by atomic mass is 32.2. The number of methoxy groups -OCH3 is 1. The Morgan fingerprint density at radius 1 is 1.03 bits per heavy atom. The van der Waals surface area contributed by atoms with E-state index in [4.69, 9.17) is 9.47 Å². The summed E-state index contributed by atoms with van der Waals surface area (Å²) in [6, 6.07) is 12.7. The van der Waals surface area contributed by atoms with Gasteiger partial charge in [0, 0.05) is 0 Å². The number of esters is 1. The van der Waals surface area contributed by atoms with E-state index in [0.717, 1.165) is 5.56 Å². The van der Waals surface area contributed by atoms with Crippen molar-refractivity contribution in [2.24, 2.45) is 0 Å². The standard InChI is InChI=1S/C22H29NO5S2/c1-15-7-13-18(14-8-15)30(25,26)23-19(16-9-11-17(27-5)12-10-16)20(29-6)21(24)28-22(2,3)4/h7-14,19-20,23H,1-6H3/t19-,20-/m1/s1. The van der Waals surface area contributed by atoms with Crippen molar-refractivity contribution < 1.29 is 22.7 Å². The van der Waals surface area contributed by atoms with E-state index in [2.05, 4.69) is 4.72 Å². The molecule has 0 unspecified atom stereocenters. The smallest absolute Gasteiger partial charge is 0.321 e. The SMILES string of the molecule is COc1ccc([C@@H](NS(=O)(=O)c2ccc(C)cc2)[C@@H](SC)C(=O)OC(C)(C)C)cc1. The van der Waals surface area contributed by atoms with Crippen LogP contribution >= 0.6 is 11.8 Å². The van der Waals surface area contributed by atoms with E-state index >= 15 is 0 Å². The molecule has 8 heteroatoms. The number of ether oxygens (including phenoxy) is 2. The highest BCUT2D eigenvalue weighted by Gasteiger charge is 2.35. The molecule has 0 fully saturated rings. The monoisotopic (exact) mass is 451 g/mol. The molecule has 164 valence electrons. The van der Waals surface area contributed by atoms with Gasteiger partial charge in [-0.2, -0.15) is 0 Å². The first kappa shape index (κ1) is 24.2. The lowest BCUT2D eigenvalue weighted by atomic mass is 10.0. The van der Waals surface area contributed by atoms with Gasteiger partial charge in [0.25, 0.3) is 0 Å². The van der Waals surface area contributed by atoms with Crippen molar-refractivity contribution in [2.75, 3.05) is 13.4 Å². The Hall–Kier alpha value is -2.03. The van der Waals surface area contributed by atoms with Crippen LogP contribution in [0.25, 0.3) is 0 Å². The molecule has 0 saturated heterocycles. The first-order valence-corrected chi connectivity index (χ1v) is 12.2. The minimum Gasteiger partial charge on any atom is -0.497 e. The lowest BCUT2D eigenvalue weighted by Crippen LogP contribution is -2.41. The highest BCUT2D eigenvalue weighted by Crippen LogP contribution is 2.31. The van der Waals surface area contributed by atoms with Gasteiger partial charge in [-0.3, -0.25) is 4.79 Å². The second-order valence-corrected chi connectivity index (χ2v) is 10.6. The van der Waals surface area contributed by atoms with Crippen LogP contribution in [0.4, 0.5) is 0 Å². The maximum absolute atomic E-state index is 13.1. The Labute approximate surface area is 183 Å². The van der Waals surface area contributed by atoms with Crippen molar-refractivity contribution in [3.8, 4) is 5.75 Å². The van der Waals surface area contributed by atoms with Crippen LogP contribution in [0, 0.1) is 6.92 Å². The molecular weight excluding hydrogens is 422 g/mol. The summed E-state index contributed by atoms with van der Waals surface area (Å²) in [5.41, 5.74) is 0.902. The number of sulfonamides is 1. The third kappa shape index (κ3) is 6.48. The third-order valence-corrected chi connectivity index (χ3v) is 6.71. The average Bonchev–Trinajstić information content (AvgIpc) is 2.66. The fraction of sp³-hybridized carbons (Fsp3) is 0.409. The van der Waals surface area contributed by atoms with Gasteiger partial charge in [0.2, 0.25) is 10.0 Å². The van der Waals surface area contributed by atoms with E-state index in [0.29, 0.717) is 11.3 Å². The molecule has 0 amide bonds. The van der Waals surface area contributed by atoms with Crippen molar-refractivity contribution >= 4 is 27.8 Å². The molecule has 1 N–H and O–H groups in total. The number of aryl methyl sites for hydroxylation is 1. The van der Waals surface area contributed by atoms with Gasteiger partial charge >= 0.3 is 5.97 Å². The average molecular weight is 452 g/mol. The molecule has 0 aliphatic heterocycles. The Kier molecular flexibility index (Phi) is 7.96. The quantitative estimate of drug-likeness (QED) is 0.609.